The van der Waals surface area contributed by atoms with Crippen LogP contribution in [-0.4, -0.2) is 24.6 Å². The highest BCUT2D eigenvalue weighted by Crippen LogP contribution is 2.32. The van der Waals surface area contributed by atoms with Crippen molar-refractivity contribution >= 4 is 17.0 Å². The summed E-state index contributed by atoms with van der Waals surface area (Å²) >= 11 is 0. The van der Waals surface area contributed by atoms with Crippen molar-refractivity contribution in [1.29, 1.82) is 0 Å². The lowest BCUT2D eigenvalue weighted by Gasteiger charge is -2.12. The van der Waals surface area contributed by atoms with Crippen LogP contribution in [-0.2, 0) is 0 Å². The molecule has 31 heavy (non-hydrogen) atoms. The Labute approximate surface area is 179 Å². The van der Waals surface area contributed by atoms with Crippen molar-refractivity contribution in [2.24, 2.45) is 0 Å². The average molecular weight is 407 g/mol. The highest BCUT2D eigenvalue weighted by Gasteiger charge is 2.18. The molecule has 0 aliphatic carbocycles. The minimum atomic E-state index is -0.537. The molecular weight excluding hydrogens is 386 g/mol. The molecule has 5 aromatic rings. The molecule has 0 amide bonds. The summed E-state index contributed by atoms with van der Waals surface area (Å²) in [6.45, 7) is 1.75. The first-order valence-electron chi connectivity index (χ1n) is 10.1. The van der Waals surface area contributed by atoms with Gasteiger partial charge in [-0.2, -0.15) is 0 Å². The van der Waals surface area contributed by atoms with Gasteiger partial charge < -0.3 is 10.8 Å². The van der Waals surface area contributed by atoms with Crippen molar-refractivity contribution in [2.45, 2.75) is 13.0 Å². The molecule has 0 aliphatic rings. The van der Waals surface area contributed by atoms with E-state index in [-0.39, 0.29) is 0 Å². The Morgan fingerprint density at radius 2 is 1.65 bits per heavy atom. The second kappa shape index (κ2) is 7.66. The molecule has 0 radical (unpaired) electrons. The zero-order chi connectivity index (χ0) is 21.4. The van der Waals surface area contributed by atoms with Crippen LogP contribution in [0.5, 0.6) is 0 Å². The number of aromatic nitrogens is 4. The number of rotatable bonds is 4. The molecule has 3 N–H and O–H groups in total. The fraction of sp³-hybridized carbons (Fsp3) is 0.0800. The van der Waals surface area contributed by atoms with Crippen LogP contribution in [0.1, 0.15) is 18.6 Å². The maximum absolute atomic E-state index is 9.89. The molecule has 0 saturated carbocycles. The molecule has 3 aromatic heterocycles. The van der Waals surface area contributed by atoms with Gasteiger partial charge in [0.2, 0.25) is 0 Å². The Bertz CT molecular complexity index is 1360. The zero-order valence-electron chi connectivity index (χ0n) is 17.0. The Kier molecular flexibility index (Phi) is 4.69. The first-order valence-corrected chi connectivity index (χ1v) is 10.1. The Morgan fingerprint density at radius 1 is 0.871 bits per heavy atom. The molecule has 152 valence electrons. The summed E-state index contributed by atoms with van der Waals surface area (Å²) in [5.74, 6) is 1.08. The summed E-state index contributed by atoms with van der Waals surface area (Å²) in [4.78, 5) is 14.0. The predicted molar refractivity (Wildman–Crippen MR) is 123 cm³/mol. The number of aliphatic hydroxyl groups excluding tert-OH is 1. The largest absolute Gasteiger partial charge is 0.389 e. The molecule has 6 heteroatoms. The fourth-order valence-electron chi connectivity index (χ4n) is 3.66. The third kappa shape index (κ3) is 3.43. The molecule has 3 heterocycles. The van der Waals surface area contributed by atoms with Gasteiger partial charge >= 0.3 is 0 Å². The normalized spacial score (nSPS) is 12.2. The van der Waals surface area contributed by atoms with Crippen LogP contribution < -0.4 is 5.73 Å². The lowest BCUT2D eigenvalue weighted by molar-refractivity contribution is 0.199. The topological polar surface area (TPSA) is 89.8 Å². The Hall–Kier alpha value is -4.03. The fourth-order valence-corrected chi connectivity index (χ4v) is 3.66. The van der Waals surface area contributed by atoms with Gasteiger partial charge in [0.15, 0.2) is 11.5 Å². The van der Waals surface area contributed by atoms with Crippen LogP contribution in [0.2, 0.25) is 0 Å². The van der Waals surface area contributed by atoms with Gasteiger partial charge in [0.05, 0.1) is 17.4 Å². The lowest BCUT2D eigenvalue weighted by atomic mass is 10.1. The molecule has 0 spiro atoms. The standard InChI is InChI=1S/C25H21N5O/c1-16(31)17-9-11-19(12-10-17)30-24(20-8-5-15-27-23(20)26)29-22-14-13-21(28-25(22)30)18-6-3-2-4-7-18/h2-16,31H,1H3,(H2,26,27). The third-order valence-electron chi connectivity index (χ3n) is 5.29. The summed E-state index contributed by atoms with van der Waals surface area (Å²) in [5.41, 5.74) is 12.0. The van der Waals surface area contributed by atoms with E-state index in [4.69, 9.17) is 15.7 Å². The van der Waals surface area contributed by atoms with E-state index in [0.29, 0.717) is 11.6 Å². The van der Waals surface area contributed by atoms with Crippen LogP contribution in [0.25, 0.3) is 39.5 Å². The summed E-state index contributed by atoms with van der Waals surface area (Å²) in [6.07, 6.45) is 1.12. The van der Waals surface area contributed by atoms with Gasteiger partial charge in [-0.1, -0.05) is 42.5 Å². The van der Waals surface area contributed by atoms with Crippen molar-refractivity contribution in [3.63, 3.8) is 0 Å². The maximum atomic E-state index is 9.89. The lowest BCUT2D eigenvalue weighted by Crippen LogP contribution is -2.02. The molecular formula is C25H21N5O. The second-order valence-electron chi connectivity index (χ2n) is 7.38. The quantitative estimate of drug-likeness (QED) is 0.447. The number of benzene rings is 2. The number of hydrogen-bond acceptors (Lipinski definition) is 5. The number of nitrogen functional groups attached to an aromatic ring is 1. The summed E-state index contributed by atoms with van der Waals surface area (Å²) < 4.78 is 1.99. The van der Waals surface area contributed by atoms with Gasteiger partial charge in [-0.3, -0.25) is 4.57 Å². The molecule has 0 saturated heterocycles. The number of anilines is 1. The van der Waals surface area contributed by atoms with Crippen molar-refractivity contribution in [2.75, 3.05) is 5.73 Å². The van der Waals surface area contributed by atoms with Crippen molar-refractivity contribution in [3.8, 4) is 28.3 Å². The summed E-state index contributed by atoms with van der Waals surface area (Å²) in [5, 5.41) is 9.89. The van der Waals surface area contributed by atoms with Crippen molar-refractivity contribution in [1.82, 2.24) is 19.5 Å². The van der Waals surface area contributed by atoms with Gasteiger partial charge in [0.25, 0.3) is 0 Å². The monoisotopic (exact) mass is 407 g/mol. The van der Waals surface area contributed by atoms with E-state index >= 15 is 0 Å². The average Bonchev–Trinajstić information content (AvgIpc) is 3.18. The first-order chi connectivity index (χ1) is 15.1. The molecule has 5 rings (SSSR count). The Balaban J connectivity index is 1.78. The van der Waals surface area contributed by atoms with Gasteiger partial charge in [-0.05, 0) is 48.9 Å². The Morgan fingerprint density at radius 3 is 2.35 bits per heavy atom. The first kappa shape index (κ1) is 19.0. The molecule has 1 atom stereocenters. The van der Waals surface area contributed by atoms with E-state index in [1.807, 2.05) is 83.4 Å². The number of nitrogens with two attached hydrogens (primary N) is 1. The van der Waals surface area contributed by atoms with E-state index in [1.165, 1.54) is 0 Å². The van der Waals surface area contributed by atoms with E-state index in [1.54, 1.807) is 13.1 Å². The van der Waals surface area contributed by atoms with E-state index in [9.17, 15) is 5.11 Å². The molecule has 0 bridgehead atoms. The highest BCUT2D eigenvalue weighted by molar-refractivity contribution is 5.84. The van der Waals surface area contributed by atoms with Crippen LogP contribution >= 0.6 is 0 Å². The summed E-state index contributed by atoms with van der Waals surface area (Å²) in [6, 6.07) is 25.5. The van der Waals surface area contributed by atoms with Crippen LogP contribution in [0, 0.1) is 0 Å². The summed E-state index contributed by atoms with van der Waals surface area (Å²) in [7, 11) is 0. The van der Waals surface area contributed by atoms with Crippen LogP contribution in [0.4, 0.5) is 5.82 Å². The van der Waals surface area contributed by atoms with Gasteiger partial charge in [-0.25, -0.2) is 15.0 Å². The molecule has 0 aliphatic heterocycles. The SMILES string of the molecule is CC(O)c1ccc(-n2c(-c3cccnc3N)nc3ccc(-c4ccccc4)nc32)cc1. The van der Waals surface area contributed by atoms with E-state index < -0.39 is 6.10 Å². The van der Waals surface area contributed by atoms with Gasteiger partial charge in [0, 0.05) is 17.4 Å². The van der Waals surface area contributed by atoms with Crippen LogP contribution in [0.15, 0.2) is 85.1 Å². The molecule has 1 unspecified atom stereocenters. The number of imidazole rings is 1. The third-order valence-corrected chi connectivity index (χ3v) is 5.29. The van der Waals surface area contributed by atoms with Gasteiger partial charge in [-0.15, -0.1) is 0 Å². The molecule has 2 aromatic carbocycles. The number of hydrogen-bond donors (Lipinski definition) is 2. The second-order valence-corrected chi connectivity index (χ2v) is 7.38. The zero-order valence-corrected chi connectivity index (χ0v) is 17.0. The predicted octanol–water partition coefficient (Wildman–Crippen LogP) is 4.79. The molecule has 6 nitrogen and oxygen atoms in total. The van der Waals surface area contributed by atoms with Gasteiger partial charge in [0.1, 0.15) is 11.3 Å². The number of nitrogens with zero attached hydrogens (tertiary/aromatic N) is 4. The maximum Gasteiger partial charge on any atom is 0.165 e. The highest BCUT2D eigenvalue weighted by atomic mass is 16.3. The van der Waals surface area contributed by atoms with Crippen LogP contribution in [0.3, 0.4) is 0 Å². The molecule has 0 fully saturated rings. The smallest absolute Gasteiger partial charge is 0.165 e. The minimum absolute atomic E-state index is 0.405. The minimum Gasteiger partial charge on any atom is -0.389 e. The number of pyridine rings is 2. The van der Waals surface area contributed by atoms with Crippen molar-refractivity contribution in [3.05, 3.63) is 90.6 Å². The number of aliphatic hydroxyl groups is 1. The number of fused-ring (bicyclic) bond motifs is 1. The van der Waals surface area contributed by atoms with Crippen molar-refractivity contribution < 1.29 is 5.11 Å². The van der Waals surface area contributed by atoms with E-state index in [2.05, 4.69) is 4.98 Å². The van der Waals surface area contributed by atoms with E-state index in [0.717, 1.165) is 39.2 Å².